The minimum Gasteiger partial charge on any atom is -0.313 e. The summed E-state index contributed by atoms with van der Waals surface area (Å²) in [5.41, 5.74) is 0.574. The Hall–Kier alpha value is -0.0400. The van der Waals surface area contributed by atoms with E-state index in [4.69, 9.17) is 0 Å². The summed E-state index contributed by atoms with van der Waals surface area (Å²) in [7, 11) is 0. The lowest BCUT2D eigenvalue weighted by Gasteiger charge is -2.37. The Bertz CT molecular complexity index is 145. The molecule has 1 aliphatic carbocycles. The van der Waals surface area contributed by atoms with Crippen molar-refractivity contribution in [1.29, 1.82) is 0 Å². The van der Waals surface area contributed by atoms with E-state index >= 15 is 0 Å². The molecule has 0 heterocycles. The predicted octanol–water partition coefficient (Wildman–Crippen LogP) is 3.20. The van der Waals surface area contributed by atoms with Crippen molar-refractivity contribution in [2.75, 3.05) is 6.54 Å². The van der Waals surface area contributed by atoms with E-state index in [0.717, 1.165) is 18.5 Å². The van der Waals surface area contributed by atoms with Crippen LogP contribution in [0.4, 0.5) is 0 Å². The van der Waals surface area contributed by atoms with Gasteiger partial charge in [-0.25, -0.2) is 0 Å². The van der Waals surface area contributed by atoms with Gasteiger partial charge in [-0.15, -0.1) is 0 Å². The van der Waals surface area contributed by atoms with Crippen molar-refractivity contribution in [1.82, 2.24) is 5.32 Å². The first-order valence-electron chi connectivity index (χ1n) is 5.83. The average Bonchev–Trinajstić information content (AvgIpc) is 2.48. The van der Waals surface area contributed by atoms with Crippen molar-refractivity contribution in [2.45, 2.75) is 59.4 Å². The van der Waals surface area contributed by atoms with Gasteiger partial charge in [-0.2, -0.15) is 0 Å². The fourth-order valence-electron chi connectivity index (χ4n) is 3.00. The second-order valence-electron chi connectivity index (χ2n) is 5.14. The van der Waals surface area contributed by atoms with E-state index in [-0.39, 0.29) is 0 Å². The average molecular weight is 183 g/mol. The third-order valence-corrected chi connectivity index (χ3v) is 3.59. The van der Waals surface area contributed by atoms with Gasteiger partial charge in [0.25, 0.3) is 0 Å². The summed E-state index contributed by atoms with van der Waals surface area (Å²) in [6.45, 7) is 10.5. The van der Waals surface area contributed by atoms with Crippen LogP contribution in [0.15, 0.2) is 0 Å². The Labute approximate surface area is 83.3 Å². The summed E-state index contributed by atoms with van der Waals surface area (Å²) < 4.78 is 0. The molecule has 0 saturated heterocycles. The molecule has 13 heavy (non-hydrogen) atoms. The Morgan fingerprint density at radius 1 is 1.23 bits per heavy atom. The second-order valence-corrected chi connectivity index (χ2v) is 5.14. The van der Waals surface area contributed by atoms with Crippen LogP contribution in [-0.2, 0) is 0 Å². The van der Waals surface area contributed by atoms with Gasteiger partial charge in [-0.05, 0) is 30.7 Å². The molecular formula is C12H25N. The summed E-state index contributed by atoms with van der Waals surface area (Å²) in [6, 6.07) is 0.722. The molecule has 0 aromatic rings. The molecule has 1 saturated carbocycles. The fourth-order valence-corrected chi connectivity index (χ4v) is 3.00. The standard InChI is InChI=1S/C12H25N/c1-5-13-11(10(2)3)12(4)8-6-7-9-12/h10-11,13H,5-9H2,1-4H3. The van der Waals surface area contributed by atoms with Crippen LogP contribution in [0.3, 0.4) is 0 Å². The van der Waals surface area contributed by atoms with Crippen molar-refractivity contribution >= 4 is 0 Å². The minimum absolute atomic E-state index is 0.574. The summed E-state index contributed by atoms with van der Waals surface area (Å²) in [4.78, 5) is 0. The first-order valence-corrected chi connectivity index (χ1v) is 5.83. The van der Waals surface area contributed by atoms with E-state index in [1.165, 1.54) is 25.7 Å². The van der Waals surface area contributed by atoms with Gasteiger partial charge in [0, 0.05) is 6.04 Å². The molecule has 1 unspecified atom stereocenters. The van der Waals surface area contributed by atoms with Crippen LogP contribution in [0, 0.1) is 11.3 Å². The maximum absolute atomic E-state index is 3.66. The van der Waals surface area contributed by atoms with Gasteiger partial charge in [-0.3, -0.25) is 0 Å². The molecule has 1 N–H and O–H groups in total. The minimum atomic E-state index is 0.574. The molecule has 0 spiro atoms. The van der Waals surface area contributed by atoms with Crippen LogP contribution >= 0.6 is 0 Å². The highest BCUT2D eigenvalue weighted by Crippen LogP contribution is 2.42. The van der Waals surface area contributed by atoms with Crippen LogP contribution in [0.25, 0.3) is 0 Å². The predicted molar refractivity (Wildman–Crippen MR) is 58.9 cm³/mol. The molecule has 0 aromatic heterocycles. The molecule has 1 heteroatoms. The van der Waals surface area contributed by atoms with Gasteiger partial charge < -0.3 is 5.32 Å². The van der Waals surface area contributed by atoms with Gasteiger partial charge in [0.1, 0.15) is 0 Å². The quantitative estimate of drug-likeness (QED) is 0.706. The van der Waals surface area contributed by atoms with Gasteiger partial charge in [0.2, 0.25) is 0 Å². The molecule has 0 aliphatic heterocycles. The molecule has 1 aliphatic rings. The summed E-state index contributed by atoms with van der Waals surface area (Å²) in [6.07, 6.45) is 5.71. The number of hydrogen-bond donors (Lipinski definition) is 1. The topological polar surface area (TPSA) is 12.0 Å². The first kappa shape index (κ1) is 11.0. The molecule has 0 bridgehead atoms. The lowest BCUT2D eigenvalue weighted by Crippen LogP contribution is -2.45. The highest BCUT2D eigenvalue weighted by molar-refractivity contribution is 4.92. The third kappa shape index (κ3) is 2.46. The molecule has 1 rings (SSSR count). The zero-order valence-corrected chi connectivity index (χ0v) is 9.69. The van der Waals surface area contributed by atoms with Crippen molar-refractivity contribution in [3.63, 3.8) is 0 Å². The summed E-state index contributed by atoms with van der Waals surface area (Å²) >= 11 is 0. The van der Waals surface area contributed by atoms with Crippen LogP contribution in [-0.4, -0.2) is 12.6 Å². The zero-order valence-electron chi connectivity index (χ0n) is 9.69. The second kappa shape index (κ2) is 4.45. The Morgan fingerprint density at radius 3 is 2.15 bits per heavy atom. The van der Waals surface area contributed by atoms with Crippen molar-refractivity contribution in [3.8, 4) is 0 Å². The Kier molecular flexibility index (Phi) is 3.78. The highest BCUT2D eigenvalue weighted by Gasteiger charge is 2.37. The number of rotatable bonds is 4. The maximum atomic E-state index is 3.66. The van der Waals surface area contributed by atoms with E-state index in [9.17, 15) is 0 Å². The lowest BCUT2D eigenvalue weighted by atomic mass is 9.75. The summed E-state index contributed by atoms with van der Waals surface area (Å²) in [5.74, 6) is 0.767. The Balaban J connectivity index is 2.61. The normalized spacial score (nSPS) is 23.8. The monoisotopic (exact) mass is 183 g/mol. The van der Waals surface area contributed by atoms with E-state index in [2.05, 4.69) is 33.0 Å². The van der Waals surface area contributed by atoms with Gasteiger partial charge >= 0.3 is 0 Å². The largest absolute Gasteiger partial charge is 0.313 e. The lowest BCUT2D eigenvalue weighted by molar-refractivity contribution is 0.177. The third-order valence-electron chi connectivity index (χ3n) is 3.59. The van der Waals surface area contributed by atoms with Crippen LogP contribution in [0.2, 0.25) is 0 Å². The van der Waals surface area contributed by atoms with Gasteiger partial charge in [0.05, 0.1) is 0 Å². The summed E-state index contributed by atoms with van der Waals surface area (Å²) in [5, 5.41) is 3.66. The van der Waals surface area contributed by atoms with Crippen LogP contribution in [0.1, 0.15) is 53.4 Å². The molecule has 0 amide bonds. The molecule has 1 atom stereocenters. The van der Waals surface area contributed by atoms with E-state index in [1.54, 1.807) is 0 Å². The van der Waals surface area contributed by atoms with Crippen LogP contribution < -0.4 is 5.32 Å². The van der Waals surface area contributed by atoms with E-state index in [1.807, 2.05) is 0 Å². The van der Waals surface area contributed by atoms with Crippen LogP contribution in [0.5, 0.6) is 0 Å². The number of hydrogen-bond acceptors (Lipinski definition) is 1. The fraction of sp³-hybridized carbons (Fsp3) is 1.00. The van der Waals surface area contributed by atoms with Crippen molar-refractivity contribution in [3.05, 3.63) is 0 Å². The van der Waals surface area contributed by atoms with Crippen molar-refractivity contribution < 1.29 is 0 Å². The highest BCUT2D eigenvalue weighted by atomic mass is 14.9. The molecule has 0 aromatic carbocycles. The van der Waals surface area contributed by atoms with Gasteiger partial charge in [0.15, 0.2) is 0 Å². The Morgan fingerprint density at radius 2 is 1.77 bits per heavy atom. The molecule has 0 radical (unpaired) electrons. The number of nitrogens with one attached hydrogen (secondary N) is 1. The molecule has 78 valence electrons. The molecule has 1 nitrogen and oxygen atoms in total. The van der Waals surface area contributed by atoms with E-state index < -0.39 is 0 Å². The van der Waals surface area contributed by atoms with E-state index in [0.29, 0.717) is 5.41 Å². The maximum Gasteiger partial charge on any atom is 0.0144 e. The SMILES string of the molecule is CCNC(C(C)C)C1(C)CCCC1. The first-order chi connectivity index (χ1) is 6.10. The van der Waals surface area contributed by atoms with Crippen molar-refractivity contribution in [2.24, 2.45) is 11.3 Å². The molecular weight excluding hydrogens is 158 g/mol. The molecule has 1 fully saturated rings. The zero-order chi connectivity index (χ0) is 9.90. The smallest absolute Gasteiger partial charge is 0.0144 e. The van der Waals surface area contributed by atoms with Gasteiger partial charge in [-0.1, -0.05) is 40.5 Å².